The summed E-state index contributed by atoms with van der Waals surface area (Å²) in [7, 11) is 1.36. The number of carbonyl (C=O) groups excluding carboxylic acids is 1. The molecule has 1 aliphatic rings. The van der Waals surface area contributed by atoms with E-state index in [1.165, 1.54) is 7.11 Å². The van der Waals surface area contributed by atoms with Crippen LogP contribution in [0, 0.1) is 0 Å². The Hall–Kier alpha value is -1.82. The molecule has 1 fully saturated rings. The predicted octanol–water partition coefficient (Wildman–Crippen LogP) is 0.858. The van der Waals surface area contributed by atoms with Gasteiger partial charge in [-0.3, -0.25) is 0 Å². The van der Waals surface area contributed by atoms with Crippen molar-refractivity contribution in [2.24, 2.45) is 0 Å². The second-order valence-electron chi connectivity index (χ2n) is 4.10. The van der Waals surface area contributed by atoms with Crippen molar-refractivity contribution in [3.05, 3.63) is 18.2 Å². The lowest BCUT2D eigenvalue weighted by molar-refractivity contribution is -0.154. The molecule has 1 aliphatic heterocycles. The molecule has 0 N–H and O–H groups in total. The van der Waals surface area contributed by atoms with Crippen LogP contribution in [0.25, 0.3) is 0 Å². The molecule has 0 bridgehead atoms. The highest BCUT2D eigenvalue weighted by Crippen LogP contribution is 2.19. The minimum Gasteiger partial charge on any atom is -0.478 e. The number of pyridine rings is 1. The lowest BCUT2D eigenvalue weighted by Crippen LogP contribution is -2.46. The second-order valence-corrected chi connectivity index (χ2v) is 4.10. The first-order valence-corrected chi connectivity index (χ1v) is 6.28. The highest BCUT2D eigenvalue weighted by molar-refractivity contribution is 5.75. The number of rotatable bonds is 4. The SMILES string of the molecule is CCOc1cccc(N2CCOC(C(=O)OC)C2)n1. The highest BCUT2D eigenvalue weighted by Gasteiger charge is 2.28. The number of anilines is 1. The quantitative estimate of drug-likeness (QED) is 0.753. The van der Waals surface area contributed by atoms with Crippen LogP contribution in [0.5, 0.6) is 5.88 Å². The molecule has 2 rings (SSSR count). The first-order chi connectivity index (χ1) is 9.24. The van der Waals surface area contributed by atoms with Crippen LogP contribution in [0.15, 0.2) is 18.2 Å². The van der Waals surface area contributed by atoms with E-state index in [9.17, 15) is 4.79 Å². The average molecular weight is 266 g/mol. The zero-order chi connectivity index (χ0) is 13.7. The van der Waals surface area contributed by atoms with E-state index in [1.807, 2.05) is 30.0 Å². The molecule has 0 aliphatic carbocycles. The number of aromatic nitrogens is 1. The van der Waals surface area contributed by atoms with Gasteiger partial charge in [0.1, 0.15) is 5.82 Å². The van der Waals surface area contributed by atoms with Crippen molar-refractivity contribution in [1.82, 2.24) is 4.98 Å². The number of nitrogens with zero attached hydrogens (tertiary/aromatic N) is 2. The normalized spacial score (nSPS) is 19.1. The highest BCUT2D eigenvalue weighted by atomic mass is 16.6. The zero-order valence-corrected chi connectivity index (χ0v) is 11.2. The first kappa shape index (κ1) is 13.6. The molecule has 6 nitrogen and oxygen atoms in total. The summed E-state index contributed by atoms with van der Waals surface area (Å²) in [4.78, 5) is 17.9. The Morgan fingerprint density at radius 2 is 2.42 bits per heavy atom. The van der Waals surface area contributed by atoms with Crippen LogP contribution in [-0.2, 0) is 14.3 Å². The van der Waals surface area contributed by atoms with Gasteiger partial charge in [0.25, 0.3) is 0 Å². The second kappa shape index (κ2) is 6.38. The fourth-order valence-corrected chi connectivity index (χ4v) is 1.94. The molecule has 0 saturated carbocycles. The maximum absolute atomic E-state index is 11.5. The Labute approximate surface area is 112 Å². The van der Waals surface area contributed by atoms with Gasteiger partial charge in [-0.25, -0.2) is 4.79 Å². The number of ether oxygens (including phenoxy) is 3. The van der Waals surface area contributed by atoms with Crippen LogP contribution in [-0.4, -0.2) is 50.5 Å². The van der Waals surface area contributed by atoms with Crippen molar-refractivity contribution in [3.63, 3.8) is 0 Å². The van der Waals surface area contributed by atoms with Gasteiger partial charge in [0, 0.05) is 12.6 Å². The lowest BCUT2D eigenvalue weighted by Gasteiger charge is -2.32. The van der Waals surface area contributed by atoms with E-state index in [0.29, 0.717) is 32.2 Å². The van der Waals surface area contributed by atoms with E-state index >= 15 is 0 Å². The number of esters is 1. The Kier molecular flexibility index (Phi) is 4.57. The van der Waals surface area contributed by atoms with Crippen LogP contribution >= 0.6 is 0 Å². The van der Waals surface area contributed by atoms with Gasteiger partial charge >= 0.3 is 5.97 Å². The fourth-order valence-electron chi connectivity index (χ4n) is 1.94. The van der Waals surface area contributed by atoms with Crippen LogP contribution in [0.4, 0.5) is 5.82 Å². The van der Waals surface area contributed by atoms with E-state index in [2.05, 4.69) is 4.98 Å². The summed E-state index contributed by atoms with van der Waals surface area (Å²) in [5, 5.41) is 0. The molecule has 1 atom stereocenters. The van der Waals surface area contributed by atoms with Gasteiger partial charge < -0.3 is 19.1 Å². The number of methoxy groups -OCH3 is 1. The molecule has 1 unspecified atom stereocenters. The Balaban J connectivity index is 2.08. The van der Waals surface area contributed by atoms with Crippen molar-refractivity contribution in [2.45, 2.75) is 13.0 Å². The Morgan fingerprint density at radius 3 is 3.16 bits per heavy atom. The molecule has 19 heavy (non-hydrogen) atoms. The Morgan fingerprint density at radius 1 is 1.58 bits per heavy atom. The summed E-state index contributed by atoms with van der Waals surface area (Å²) in [6.07, 6.45) is -0.559. The first-order valence-electron chi connectivity index (χ1n) is 6.28. The number of morpholine rings is 1. The van der Waals surface area contributed by atoms with Crippen molar-refractivity contribution in [2.75, 3.05) is 38.3 Å². The maximum Gasteiger partial charge on any atom is 0.336 e. The minimum absolute atomic E-state index is 0.356. The summed E-state index contributed by atoms with van der Waals surface area (Å²) in [5.74, 6) is 1.01. The van der Waals surface area contributed by atoms with Crippen molar-refractivity contribution >= 4 is 11.8 Å². The van der Waals surface area contributed by atoms with Gasteiger partial charge in [-0.2, -0.15) is 4.98 Å². The van der Waals surface area contributed by atoms with Crippen LogP contribution in [0.1, 0.15) is 6.92 Å². The summed E-state index contributed by atoms with van der Waals surface area (Å²) in [5.41, 5.74) is 0. The maximum atomic E-state index is 11.5. The number of hydrogen-bond donors (Lipinski definition) is 0. The lowest BCUT2D eigenvalue weighted by atomic mass is 10.2. The smallest absolute Gasteiger partial charge is 0.336 e. The van der Waals surface area contributed by atoms with Gasteiger partial charge in [-0.05, 0) is 13.0 Å². The summed E-state index contributed by atoms with van der Waals surface area (Å²) in [6, 6.07) is 5.59. The van der Waals surface area contributed by atoms with Crippen molar-refractivity contribution in [3.8, 4) is 5.88 Å². The third-order valence-corrected chi connectivity index (χ3v) is 2.86. The molecule has 6 heteroatoms. The van der Waals surface area contributed by atoms with Gasteiger partial charge in [0.05, 0.1) is 26.9 Å². The van der Waals surface area contributed by atoms with Gasteiger partial charge in [-0.15, -0.1) is 0 Å². The Bertz CT molecular complexity index is 438. The molecule has 0 radical (unpaired) electrons. The average Bonchev–Trinajstić information content (AvgIpc) is 2.47. The van der Waals surface area contributed by atoms with E-state index in [-0.39, 0.29) is 5.97 Å². The summed E-state index contributed by atoms with van der Waals surface area (Å²) in [6.45, 7) is 4.09. The van der Waals surface area contributed by atoms with Crippen molar-refractivity contribution < 1.29 is 19.0 Å². The van der Waals surface area contributed by atoms with Crippen LogP contribution < -0.4 is 9.64 Å². The monoisotopic (exact) mass is 266 g/mol. The standard InChI is InChI=1S/C13H18N2O4/c1-3-18-12-6-4-5-11(14-12)15-7-8-19-10(9-15)13(16)17-2/h4-6,10H,3,7-9H2,1-2H3. The fraction of sp³-hybridized carbons (Fsp3) is 0.538. The van der Waals surface area contributed by atoms with E-state index in [1.54, 1.807) is 0 Å². The van der Waals surface area contributed by atoms with Crippen LogP contribution in [0.3, 0.4) is 0 Å². The van der Waals surface area contributed by atoms with E-state index in [4.69, 9.17) is 14.2 Å². The molecule has 0 aromatic carbocycles. The number of hydrogen-bond acceptors (Lipinski definition) is 6. The molecule has 1 aromatic rings. The van der Waals surface area contributed by atoms with Crippen LogP contribution in [0.2, 0.25) is 0 Å². The molecule has 1 saturated heterocycles. The molecular formula is C13H18N2O4. The predicted molar refractivity (Wildman–Crippen MR) is 69.4 cm³/mol. The van der Waals surface area contributed by atoms with Crippen molar-refractivity contribution in [1.29, 1.82) is 0 Å². The summed E-state index contributed by atoms with van der Waals surface area (Å²) >= 11 is 0. The topological polar surface area (TPSA) is 60.9 Å². The largest absolute Gasteiger partial charge is 0.478 e. The molecule has 2 heterocycles. The third-order valence-electron chi connectivity index (χ3n) is 2.86. The van der Waals surface area contributed by atoms with Gasteiger partial charge in [0.2, 0.25) is 5.88 Å². The molecular weight excluding hydrogens is 248 g/mol. The zero-order valence-electron chi connectivity index (χ0n) is 11.2. The van der Waals surface area contributed by atoms with E-state index in [0.717, 1.165) is 5.82 Å². The summed E-state index contributed by atoms with van der Waals surface area (Å²) < 4.78 is 15.5. The van der Waals surface area contributed by atoms with Gasteiger partial charge in [0.15, 0.2) is 6.10 Å². The molecule has 0 amide bonds. The number of carbonyl (C=O) groups is 1. The molecule has 1 aromatic heterocycles. The van der Waals surface area contributed by atoms with E-state index < -0.39 is 6.10 Å². The van der Waals surface area contributed by atoms with Gasteiger partial charge in [-0.1, -0.05) is 6.07 Å². The molecule has 0 spiro atoms. The third kappa shape index (κ3) is 3.35. The molecule has 104 valence electrons. The minimum atomic E-state index is -0.559.